The van der Waals surface area contributed by atoms with E-state index < -0.39 is 6.09 Å². The molecule has 13 aromatic rings. The average Bonchev–Trinajstić information content (AvgIpc) is 1.36. The Balaban J connectivity index is 0.000000152. The number of fused-ring (bicyclic) bond motifs is 1. The maximum Gasteiger partial charge on any atom is 0.407 e. The van der Waals surface area contributed by atoms with Gasteiger partial charge in [-0.05, 0) is 123 Å². The number of nitrogens with one attached hydrogen (secondary N) is 5. The second kappa shape index (κ2) is 39.5. The number of para-hydroxylation sites is 1. The number of pyridine rings is 3. The van der Waals surface area contributed by atoms with Gasteiger partial charge < -0.3 is 37.1 Å². The van der Waals surface area contributed by atoms with Crippen LogP contribution in [0.15, 0.2) is 286 Å². The number of alkyl carbamates (subject to hydrolysis) is 1. The van der Waals surface area contributed by atoms with Crippen molar-refractivity contribution in [3.8, 4) is 21.8 Å². The molecule has 5 aromatic heterocycles. The van der Waals surface area contributed by atoms with E-state index in [1.165, 1.54) is 16.9 Å². The van der Waals surface area contributed by atoms with Crippen LogP contribution in [0.25, 0.3) is 32.6 Å². The standard InChI is InChI=1S/C24H21N5O.C23H22N2O3.C21H19NO2.C19H19N3OS/c25-21-6-2-1-4-19(21)14-23(30)18-9-7-17(8-10-18)15-28-24-27-13-11-22(29-24)20-5-3-12-26-16-20;1-17-5-2-3-7-21(17)13-22(26)20-10-8-18(9-11-20)15-25-23(27)28-16-19-6-4-12-24-14-19;1-2-20(23)17-9-7-15(8-10-17)14-22-21(24)19-12-11-16-5-3-4-6-18(16)13-19;1-20-19(23)18-10-9-17(24-18)16-8-7-15(13-22-16)12-21-11-14-5-3-2-4-6-14/h1-13,16H,14-15,25H2,(H,27,28,29);2-12,14H,13,15-16H2,1H3,(H,25,27);3-13H,2,14H2,1H3,(H,22,24);2-10,13,21H,11-12H2,1H3,(H,20,23). The molecule has 532 valence electrons. The van der Waals surface area contributed by atoms with E-state index >= 15 is 0 Å². The number of Topliss-reactive ketones (excluding diaryl/α,β-unsaturated/α-hetero) is 3. The van der Waals surface area contributed by atoms with Crippen molar-refractivity contribution < 1.29 is 33.5 Å². The van der Waals surface area contributed by atoms with Crippen LogP contribution in [0.2, 0.25) is 0 Å². The lowest BCUT2D eigenvalue weighted by Gasteiger charge is -2.08. The van der Waals surface area contributed by atoms with Gasteiger partial charge in [-0.3, -0.25) is 38.9 Å². The highest BCUT2D eigenvalue weighted by Gasteiger charge is 2.15. The number of amides is 3. The molecule has 106 heavy (non-hydrogen) atoms. The number of aromatic nitrogens is 5. The van der Waals surface area contributed by atoms with E-state index in [-0.39, 0.29) is 35.8 Å². The Hall–Kier alpha value is -13.0. The van der Waals surface area contributed by atoms with Gasteiger partial charge in [0.15, 0.2) is 17.3 Å². The first-order chi connectivity index (χ1) is 51.7. The molecule has 0 aliphatic rings. The fourth-order valence-electron chi connectivity index (χ4n) is 10.8. The summed E-state index contributed by atoms with van der Waals surface area (Å²) in [6.45, 7) is 6.96. The van der Waals surface area contributed by atoms with Gasteiger partial charge in [0.05, 0.1) is 21.1 Å². The van der Waals surface area contributed by atoms with E-state index in [0.29, 0.717) is 77.7 Å². The lowest BCUT2D eigenvalue weighted by molar-refractivity contribution is 0.0946. The molecule has 0 fully saturated rings. The molecule has 5 heterocycles. The van der Waals surface area contributed by atoms with E-state index in [4.69, 9.17) is 10.5 Å². The molecular weight excluding hydrogens is 1340 g/mol. The SMILES string of the molecule is CCC(=O)c1ccc(CNC(=O)c2ccc3ccccc3c2)cc1.CNC(=O)c1ccc(-c2ccc(CNCc3ccccc3)cn2)s1.Cc1ccccc1CC(=O)c1ccc(CNC(=O)OCc2cccnc2)cc1.Nc1ccccc1CC(=O)c1ccc(CNc2nccc(-c3cccnc3)n2)cc1. The molecule has 3 amide bonds. The molecule has 7 N–H and O–H groups in total. The number of carbonyl (C=O) groups is 6. The summed E-state index contributed by atoms with van der Waals surface area (Å²) in [5.74, 6) is 0.616. The van der Waals surface area contributed by atoms with Crippen molar-refractivity contribution in [3.05, 3.63) is 363 Å². The minimum absolute atomic E-state index is 0.0416. The van der Waals surface area contributed by atoms with Crippen LogP contribution in [0.4, 0.5) is 16.4 Å². The molecule has 0 bridgehead atoms. The van der Waals surface area contributed by atoms with E-state index in [9.17, 15) is 28.8 Å². The lowest BCUT2D eigenvalue weighted by atomic mass is 9.99. The van der Waals surface area contributed by atoms with Crippen LogP contribution in [0.5, 0.6) is 0 Å². The molecular formula is C87H81N11O7S. The number of aryl methyl sites for hydroxylation is 1. The molecule has 0 radical (unpaired) electrons. The molecule has 0 saturated heterocycles. The Kier molecular flexibility index (Phi) is 28.2. The van der Waals surface area contributed by atoms with E-state index in [1.807, 2.05) is 232 Å². The highest BCUT2D eigenvalue weighted by molar-refractivity contribution is 7.17. The summed E-state index contributed by atoms with van der Waals surface area (Å²) in [7, 11) is 1.64. The molecule has 8 aromatic carbocycles. The summed E-state index contributed by atoms with van der Waals surface area (Å²) in [5.41, 5.74) is 21.0. The van der Waals surface area contributed by atoms with Crippen LogP contribution >= 0.6 is 11.3 Å². The van der Waals surface area contributed by atoms with E-state index in [1.54, 1.807) is 56.2 Å². The number of anilines is 2. The van der Waals surface area contributed by atoms with Crippen LogP contribution in [-0.2, 0) is 56.9 Å². The predicted octanol–water partition coefficient (Wildman–Crippen LogP) is 16.2. The van der Waals surface area contributed by atoms with Gasteiger partial charge in [0.1, 0.15) is 6.61 Å². The number of hydrogen-bond donors (Lipinski definition) is 6. The van der Waals surface area contributed by atoms with Crippen LogP contribution in [-0.4, -0.2) is 67.2 Å². The van der Waals surface area contributed by atoms with Crippen molar-refractivity contribution in [2.24, 2.45) is 0 Å². The first-order valence-electron chi connectivity index (χ1n) is 34.5. The number of carbonyl (C=O) groups excluding carboxylic acids is 6. The van der Waals surface area contributed by atoms with Crippen molar-refractivity contribution in [2.75, 3.05) is 18.1 Å². The number of ketones is 3. The quantitative estimate of drug-likeness (QED) is 0.0230. The second-order valence-corrected chi connectivity index (χ2v) is 25.6. The maximum absolute atomic E-state index is 12.5. The zero-order valence-corrected chi connectivity index (χ0v) is 59.9. The number of nitrogen functional groups attached to an aromatic ring is 1. The molecule has 0 aliphatic carbocycles. The van der Waals surface area contributed by atoms with E-state index in [0.717, 1.165) is 90.2 Å². The van der Waals surface area contributed by atoms with Crippen LogP contribution in [0.3, 0.4) is 0 Å². The molecule has 0 saturated carbocycles. The van der Waals surface area contributed by atoms with Crippen LogP contribution in [0, 0.1) is 6.92 Å². The third-order valence-corrected chi connectivity index (χ3v) is 18.0. The number of thiophene rings is 1. The van der Waals surface area contributed by atoms with Crippen molar-refractivity contribution in [1.82, 2.24) is 46.2 Å². The van der Waals surface area contributed by atoms with Gasteiger partial charge in [0.25, 0.3) is 11.8 Å². The molecule has 19 heteroatoms. The summed E-state index contributed by atoms with van der Waals surface area (Å²) in [6.07, 6.45) is 11.1. The molecule has 0 unspecified atom stereocenters. The number of rotatable bonds is 25. The summed E-state index contributed by atoms with van der Waals surface area (Å²) < 4.78 is 5.15. The first kappa shape index (κ1) is 75.7. The number of ether oxygens (including phenoxy) is 1. The van der Waals surface area contributed by atoms with Crippen LogP contribution < -0.4 is 32.3 Å². The highest BCUT2D eigenvalue weighted by Crippen LogP contribution is 2.27. The number of benzene rings is 8. The van der Waals surface area contributed by atoms with Crippen LogP contribution in [0.1, 0.15) is 115 Å². The Morgan fingerprint density at radius 3 is 1.67 bits per heavy atom. The molecule has 18 nitrogen and oxygen atoms in total. The second-order valence-electron chi connectivity index (χ2n) is 24.5. The summed E-state index contributed by atoms with van der Waals surface area (Å²) in [6, 6.07) is 78.6. The normalized spacial score (nSPS) is 10.5. The topological polar surface area (TPSA) is 262 Å². The molecule has 13 rings (SSSR count). The Labute approximate surface area is 620 Å². The molecule has 0 aliphatic heterocycles. The van der Waals surface area contributed by atoms with Gasteiger partial charge in [-0.15, -0.1) is 11.3 Å². The number of nitrogens with zero attached hydrogens (tertiary/aromatic N) is 5. The largest absolute Gasteiger partial charge is 0.445 e. The van der Waals surface area contributed by atoms with Crippen molar-refractivity contribution in [1.29, 1.82) is 0 Å². The van der Waals surface area contributed by atoms with Gasteiger partial charge in [0, 0.05) is 135 Å². The van der Waals surface area contributed by atoms with Gasteiger partial charge in [-0.25, -0.2) is 14.8 Å². The van der Waals surface area contributed by atoms with Crippen molar-refractivity contribution in [2.45, 2.75) is 72.4 Å². The Morgan fingerprint density at radius 2 is 1.03 bits per heavy atom. The maximum atomic E-state index is 12.5. The zero-order chi connectivity index (χ0) is 74.2. The number of hydrogen-bond acceptors (Lipinski definition) is 16. The van der Waals surface area contributed by atoms with Gasteiger partial charge >= 0.3 is 6.09 Å². The third kappa shape index (κ3) is 23.3. The minimum atomic E-state index is -0.497. The van der Waals surface area contributed by atoms with Gasteiger partial charge in [-0.1, -0.05) is 195 Å². The third-order valence-electron chi connectivity index (χ3n) is 16.9. The summed E-state index contributed by atoms with van der Waals surface area (Å²) >= 11 is 1.45. The summed E-state index contributed by atoms with van der Waals surface area (Å²) in [5, 5.41) is 17.1. The molecule has 0 spiro atoms. The lowest BCUT2D eigenvalue weighted by Crippen LogP contribution is -2.23. The molecule has 0 atom stereocenters. The van der Waals surface area contributed by atoms with Gasteiger partial charge in [0.2, 0.25) is 5.95 Å². The summed E-state index contributed by atoms with van der Waals surface area (Å²) in [4.78, 5) is 95.4. The van der Waals surface area contributed by atoms with Crippen molar-refractivity contribution in [3.63, 3.8) is 0 Å². The van der Waals surface area contributed by atoms with Gasteiger partial charge in [-0.2, -0.15) is 0 Å². The smallest absolute Gasteiger partial charge is 0.407 e. The first-order valence-corrected chi connectivity index (χ1v) is 35.4. The minimum Gasteiger partial charge on any atom is -0.445 e. The highest BCUT2D eigenvalue weighted by atomic mass is 32.1. The fourth-order valence-corrected chi connectivity index (χ4v) is 11.7. The monoisotopic (exact) mass is 1420 g/mol. The fraction of sp³-hybridized carbons (Fsp3) is 0.138. The van der Waals surface area contributed by atoms with E-state index in [2.05, 4.69) is 69.7 Å². The van der Waals surface area contributed by atoms with Crippen molar-refractivity contribution >= 4 is 69.0 Å². The Morgan fingerprint density at radius 1 is 0.453 bits per heavy atom. The number of nitrogens with two attached hydrogens (primary N) is 1. The predicted molar refractivity (Wildman–Crippen MR) is 419 cm³/mol. The Bertz CT molecular complexity index is 5030. The average molecular weight is 1420 g/mol. The zero-order valence-electron chi connectivity index (χ0n) is 59.1.